The number of nitrogens with one attached hydrogen (secondary N) is 1. The van der Waals surface area contributed by atoms with Crippen LogP contribution in [0.25, 0.3) is 0 Å². The van der Waals surface area contributed by atoms with Crippen LogP contribution >= 0.6 is 23.8 Å². The van der Waals surface area contributed by atoms with Crippen molar-refractivity contribution in [3.8, 4) is 0 Å². The van der Waals surface area contributed by atoms with E-state index in [-0.39, 0.29) is 5.11 Å². The fraction of sp³-hybridized carbons (Fsp3) is 0.300. The van der Waals surface area contributed by atoms with Gasteiger partial charge in [0.05, 0.1) is 16.9 Å². The molecular weight excluding hydrogens is 378 g/mol. The average molecular weight is 400 g/mol. The Kier molecular flexibility index (Phi) is 5.29. The Bertz CT molecular complexity index is 857. The summed E-state index contributed by atoms with van der Waals surface area (Å²) >= 11 is 11.3. The van der Waals surface area contributed by atoms with Gasteiger partial charge in [0.15, 0.2) is 5.11 Å². The Morgan fingerprint density at radius 3 is 2.70 bits per heavy atom. The van der Waals surface area contributed by atoms with E-state index in [0.717, 1.165) is 35.9 Å². The number of hydrogen-bond donors (Lipinski definition) is 2. The third-order valence-electron chi connectivity index (χ3n) is 5.25. The Hall–Kier alpha value is -2.15. The lowest BCUT2D eigenvalue weighted by Gasteiger charge is -2.36. The van der Waals surface area contributed by atoms with E-state index in [1.165, 1.54) is 12.0 Å². The minimum absolute atomic E-state index is 0.141. The second kappa shape index (κ2) is 7.84. The summed E-state index contributed by atoms with van der Waals surface area (Å²) in [6.07, 6.45) is 2.86. The third kappa shape index (κ3) is 4.08. The summed E-state index contributed by atoms with van der Waals surface area (Å²) in [6, 6.07) is 17.8. The van der Waals surface area contributed by atoms with E-state index < -0.39 is 0 Å². The maximum absolute atomic E-state index is 6.57. The zero-order chi connectivity index (χ0) is 18.8. The average Bonchev–Trinajstić information content (AvgIpc) is 3.23. The smallest absolute Gasteiger partial charge is 0.184 e. The first-order valence-corrected chi connectivity index (χ1v) is 9.81. The molecule has 2 aliphatic rings. The summed E-state index contributed by atoms with van der Waals surface area (Å²) in [4.78, 5) is 5.04. The number of hydrazone groups is 1. The lowest BCUT2D eigenvalue weighted by atomic mass is 10.1. The first-order valence-electron chi connectivity index (χ1n) is 9.03. The third-order valence-corrected chi connectivity index (χ3v) is 5.65. The van der Waals surface area contributed by atoms with Gasteiger partial charge in [0, 0.05) is 31.7 Å². The predicted molar refractivity (Wildman–Crippen MR) is 115 cm³/mol. The second-order valence-corrected chi connectivity index (χ2v) is 7.90. The van der Waals surface area contributed by atoms with Gasteiger partial charge in [0.1, 0.15) is 0 Å². The molecule has 2 aromatic rings. The molecule has 0 amide bonds. The normalized spacial score (nSPS) is 21.9. The van der Waals surface area contributed by atoms with Crippen molar-refractivity contribution in [1.29, 1.82) is 0 Å². The van der Waals surface area contributed by atoms with Crippen molar-refractivity contribution in [2.45, 2.75) is 25.0 Å². The number of nitrogens with two attached hydrogens (primary N) is 1. The van der Waals surface area contributed by atoms with Crippen LogP contribution in [0.3, 0.4) is 0 Å². The maximum atomic E-state index is 6.57. The SMILES string of the molecule is NC(=S)N/N=C/c1ccc(N2C[C@@H]3C[C@H]2CN3Cc2ccccc2)c(Cl)c1. The molecule has 0 unspecified atom stereocenters. The van der Waals surface area contributed by atoms with Crippen LogP contribution in [0.5, 0.6) is 0 Å². The quantitative estimate of drug-likeness (QED) is 0.460. The van der Waals surface area contributed by atoms with Crippen LogP contribution in [0.4, 0.5) is 5.69 Å². The molecule has 7 heteroatoms. The molecule has 2 fully saturated rings. The van der Waals surface area contributed by atoms with E-state index in [0.29, 0.717) is 12.1 Å². The summed E-state index contributed by atoms with van der Waals surface area (Å²) in [7, 11) is 0. The number of nitrogens with zero attached hydrogens (tertiary/aromatic N) is 3. The Morgan fingerprint density at radius 1 is 1.22 bits per heavy atom. The summed E-state index contributed by atoms with van der Waals surface area (Å²) in [5.41, 5.74) is 11.3. The van der Waals surface area contributed by atoms with Gasteiger partial charge in [-0.25, -0.2) is 0 Å². The molecule has 0 aromatic heterocycles. The van der Waals surface area contributed by atoms with Gasteiger partial charge in [0.2, 0.25) is 0 Å². The van der Waals surface area contributed by atoms with Gasteiger partial charge in [-0.15, -0.1) is 0 Å². The second-order valence-electron chi connectivity index (χ2n) is 7.06. The number of fused-ring (bicyclic) bond motifs is 2. The number of halogens is 1. The number of hydrogen-bond acceptors (Lipinski definition) is 4. The fourth-order valence-corrected chi connectivity index (χ4v) is 4.41. The van der Waals surface area contributed by atoms with Crippen molar-refractivity contribution in [2.24, 2.45) is 10.8 Å². The molecule has 0 radical (unpaired) electrons. The van der Waals surface area contributed by atoms with Gasteiger partial charge < -0.3 is 10.6 Å². The van der Waals surface area contributed by atoms with Crippen LogP contribution < -0.4 is 16.1 Å². The molecule has 2 atom stereocenters. The minimum atomic E-state index is 0.141. The minimum Gasteiger partial charge on any atom is -0.375 e. The van der Waals surface area contributed by atoms with E-state index in [1.54, 1.807) is 6.21 Å². The highest BCUT2D eigenvalue weighted by Crippen LogP contribution is 2.38. The van der Waals surface area contributed by atoms with E-state index >= 15 is 0 Å². The predicted octanol–water partition coefficient (Wildman–Crippen LogP) is 2.97. The molecule has 4 rings (SSSR count). The standard InChI is InChI=1S/C20H22ClN5S/c21-18-8-15(10-23-24-20(22)27)6-7-19(18)26-13-16-9-17(26)12-25(16)11-14-4-2-1-3-5-14/h1-8,10,16-17H,9,11-13H2,(H3,22,24,27)/b23-10+/t16-,17-/m0/s1. The Morgan fingerprint density at radius 2 is 2.04 bits per heavy atom. The van der Waals surface area contributed by atoms with E-state index in [9.17, 15) is 0 Å². The summed E-state index contributed by atoms with van der Waals surface area (Å²) in [6.45, 7) is 3.12. The van der Waals surface area contributed by atoms with Crippen molar-refractivity contribution in [3.63, 3.8) is 0 Å². The molecule has 0 aliphatic carbocycles. The van der Waals surface area contributed by atoms with Gasteiger partial charge in [0.25, 0.3) is 0 Å². The number of anilines is 1. The molecule has 0 spiro atoms. The largest absolute Gasteiger partial charge is 0.375 e. The van der Waals surface area contributed by atoms with Gasteiger partial charge in [-0.1, -0.05) is 48.0 Å². The number of likely N-dealkylation sites (tertiary alicyclic amines) is 1. The zero-order valence-electron chi connectivity index (χ0n) is 14.9. The van der Waals surface area contributed by atoms with Crippen molar-refractivity contribution in [2.75, 3.05) is 18.0 Å². The monoisotopic (exact) mass is 399 g/mol. The highest BCUT2D eigenvalue weighted by Gasteiger charge is 2.43. The highest BCUT2D eigenvalue weighted by molar-refractivity contribution is 7.80. The van der Waals surface area contributed by atoms with Crippen LogP contribution in [0, 0.1) is 0 Å². The van der Waals surface area contributed by atoms with Gasteiger partial charge in [-0.2, -0.15) is 5.10 Å². The molecule has 140 valence electrons. The molecule has 2 bridgehead atoms. The maximum Gasteiger partial charge on any atom is 0.184 e. The van der Waals surface area contributed by atoms with Crippen LogP contribution in [0.15, 0.2) is 53.6 Å². The summed E-state index contributed by atoms with van der Waals surface area (Å²) in [5.74, 6) is 0. The number of benzene rings is 2. The summed E-state index contributed by atoms with van der Waals surface area (Å²) < 4.78 is 0. The fourth-order valence-electron chi connectivity index (χ4n) is 4.06. The Balaban J connectivity index is 1.41. The molecule has 3 N–H and O–H groups in total. The van der Waals surface area contributed by atoms with Crippen molar-refractivity contribution < 1.29 is 0 Å². The zero-order valence-corrected chi connectivity index (χ0v) is 16.5. The highest BCUT2D eigenvalue weighted by atomic mass is 35.5. The van der Waals surface area contributed by atoms with Crippen LogP contribution in [-0.2, 0) is 6.54 Å². The lowest BCUT2D eigenvalue weighted by Crippen LogP contribution is -2.46. The number of thiocarbonyl (C=S) groups is 1. The van der Waals surface area contributed by atoms with Crippen molar-refractivity contribution in [3.05, 3.63) is 64.7 Å². The topological polar surface area (TPSA) is 56.9 Å². The lowest BCUT2D eigenvalue weighted by molar-refractivity contribution is 0.230. The Labute approximate surface area is 169 Å². The first kappa shape index (κ1) is 18.2. The van der Waals surface area contributed by atoms with E-state index in [2.05, 4.69) is 56.7 Å². The van der Waals surface area contributed by atoms with E-state index in [4.69, 9.17) is 29.6 Å². The number of rotatable bonds is 5. The molecule has 2 heterocycles. The van der Waals surface area contributed by atoms with Gasteiger partial charge in [-0.3, -0.25) is 10.3 Å². The van der Waals surface area contributed by atoms with Crippen molar-refractivity contribution >= 4 is 40.8 Å². The summed E-state index contributed by atoms with van der Waals surface area (Å²) in [5, 5.41) is 4.86. The van der Waals surface area contributed by atoms with Gasteiger partial charge >= 0.3 is 0 Å². The van der Waals surface area contributed by atoms with Crippen LogP contribution in [0.2, 0.25) is 5.02 Å². The molecule has 5 nitrogen and oxygen atoms in total. The van der Waals surface area contributed by atoms with Gasteiger partial charge in [-0.05, 0) is 41.9 Å². The molecular formula is C20H22ClN5S. The number of piperazine rings is 1. The molecule has 2 saturated heterocycles. The first-order chi connectivity index (χ1) is 13.1. The molecule has 2 aromatic carbocycles. The molecule has 27 heavy (non-hydrogen) atoms. The van der Waals surface area contributed by atoms with Crippen LogP contribution in [-0.4, -0.2) is 41.4 Å². The van der Waals surface area contributed by atoms with Crippen LogP contribution in [0.1, 0.15) is 17.5 Å². The molecule has 0 saturated carbocycles. The molecule has 2 aliphatic heterocycles. The van der Waals surface area contributed by atoms with E-state index in [1.807, 2.05) is 12.1 Å². The van der Waals surface area contributed by atoms with Crippen molar-refractivity contribution in [1.82, 2.24) is 10.3 Å².